The van der Waals surface area contributed by atoms with E-state index in [0.717, 1.165) is 55.5 Å². The number of esters is 1. The van der Waals surface area contributed by atoms with Gasteiger partial charge < -0.3 is 15.0 Å². The van der Waals surface area contributed by atoms with Crippen molar-refractivity contribution in [2.75, 3.05) is 23.9 Å². The molecule has 1 heterocycles. The number of hydrogen-bond donors (Lipinski definition) is 1. The van der Waals surface area contributed by atoms with Gasteiger partial charge in [0.2, 0.25) is 5.91 Å². The molecule has 1 aliphatic heterocycles. The monoisotopic (exact) mass is 508 g/mol. The minimum Gasteiger partial charge on any atom is -0.466 e. The largest absolute Gasteiger partial charge is 0.466 e. The maximum atomic E-state index is 13.8. The predicted molar refractivity (Wildman–Crippen MR) is 154 cm³/mol. The summed E-state index contributed by atoms with van der Waals surface area (Å²) in [7, 11) is 1.36. The fourth-order valence-electron chi connectivity index (χ4n) is 5.53. The van der Waals surface area contributed by atoms with E-state index in [2.05, 4.69) is 47.8 Å². The number of hydrogen-bond acceptors (Lipinski definition) is 4. The van der Waals surface area contributed by atoms with E-state index in [9.17, 15) is 9.59 Å². The summed E-state index contributed by atoms with van der Waals surface area (Å²) in [6, 6.07) is 23.0. The Balaban J connectivity index is 1.39. The number of ether oxygens (including phenoxy) is 1. The molecule has 1 aliphatic carbocycles. The van der Waals surface area contributed by atoms with E-state index in [4.69, 9.17) is 4.74 Å². The van der Waals surface area contributed by atoms with Gasteiger partial charge in [-0.2, -0.15) is 0 Å². The Bertz CT molecular complexity index is 1310. The van der Waals surface area contributed by atoms with Gasteiger partial charge >= 0.3 is 5.97 Å². The smallest absolute Gasteiger partial charge is 0.330 e. The van der Waals surface area contributed by atoms with Crippen molar-refractivity contribution < 1.29 is 14.3 Å². The Labute approximate surface area is 225 Å². The Morgan fingerprint density at radius 1 is 0.947 bits per heavy atom. The van der Waals surface area contributed by atoms with Crippen LogP contribution in [0.4, 0.5) is 11.4 Å². The van der Waals surface area contributed by atoms with Crippen molar-refractivity contribution in [2.24, 2.45) is 5.92 Å². The van der Waals surface area contributed by atoms with Crippen LogP contribution in [0.3, 0.4) is 0 Å². The first-order valence-corrected chi connectivity index (χ1v) is 13.7. The quantitative estimate of drug-likeness (QED) is 0.275. The van der Waals surface area contributed by atoms with Crippen LogP contribution in [-0.4, -0.2) is 25.5 Å². The number of fused-ring (bicyclic) bond motifs is 1. The normalized spacial score (nSPS) is 15.5. The van der Waals surface area contributed by atoms with E-state index in [1.165, 1.54) is 48.4 Å². The van der Waals surface area contributed by atoms with Crippen LogP contribution in [0.25, 0.3) is 17.2 Å². The highest BCUT2D eigenvalue weighted by atomic mass is 16.5. The molecule has 5 heteroatoms. The summed E-state index contributed by atoms with van der Waals surface area (Å²) >= 11 is 0. The number of aryl methyl sites for hydroxylation is 1. The second-order valence-electron chi connectivity index (χ2n) is 10.3. The van der Waals surface area contributed by atoms with Gasteiger partial charge in [-0.25, -0.2) is 4.79 Å². The van der Waals surface area contributed by atoms with Crippen LogP contribution >= 0.6 is 0 Å². The molecule has 196 valence electrons. The highest BCUT2D eigenvalue weighted by Gasteiger charge is 2.27. The van der Waals surface area contributed by atoms with Crippen LogP contribution < -0.4 is 10.2 Å². The van der Waals surface area contributed by atoms with Gasteiger partial charge in [0, 0.05) is 29.9 Å². The average molecular weight is 509 g/mol. The van der Waals surface area contributed by atoms with Crippen molar-refractivity contribution in [3.63, 3.8) is 0 Å². The molecular formula is C33H36N2O3. The molecule has 38 heavy (non-hydrogen) atoms. The number of methoxy groups -OCH3 is 1. The fraction of sp³-hybridized carbons (Fsp3) is 0.333. The SMILES string of the molecule is COC(=O)/C=C/c1cccc(N(Cc2ccc(-c3ccc4c(c3)CCCN4)cc2)C(=O)C2CCCCC2)c1. The summed E-state index contributed by atoms with van der Waals surface area (Å²) in [6.07, 6.45) is 10.7. The van der Waals surface area contributed by atoms with E-state index in [-0.39, 0.29) is 11.8 Å². The molecule has 0 saturated heterocycles. The number of carbonyl (C=O) groups is 2. The van der Waals surface area contributed by atoms with Gasteiger partial charge in [-0.3, -0.25) is 4.79 Å². The van der Waals surface area contributed by atoms with Crippen molar-refractivity contribution in [1.29, 1.82) is 0 Å². The number of anilines is 2. The Morgan fingerprint density at radius 3 is 2.53 bits per heavy atom. The molecule has 3 aromatic rings. The van der Waals surface area contributed by atoms with Crippen molar-refractivity contribution in [3.8, 4) is 11.1 Å². The first-order chi connectivity index (χ1) is 18.6. The van der Waals surface area contributed by atoms with Gasteiger partial charge in [-0.15, -0.1) is 0 Å². The molecule has 0 unspecified atom stereocenters. The maximum absolute atomic E-state index is 13.8. The summed E-state index contributed by atoms with van der Waals surface area (Å²) in [5, 5.41) is 3.48. The Morgan fingerprint density at radius 2 is 1.74 bits per heavy atom. The predicted octanol–water partition coefficient (Wildman–Crippen LogP) is 7.01. The third-order valence-corrected chi connectivity index (χ3v) is 7.69. The molecule has 1 amide bonds. The van der Waals surface area contributed by atoms with Gasteiger partial charge in [0.05, 0.1) is 13.7 Å². The van der Waals surface area contributed by atoms with Crippen molar-refractivity contribution in [2.45, 2.75) is 51.5 Å². The summed E-state index contributed by atoms with van der Waals surface area (Å²) in [5.74, 6) is -0.160. The first-order valence-electron chi connectivity index (χ1n) is 13.7. The molecular weight excluding hydrogens is 472 g/mol. The van der Waals surface area contributed by atoms with Gasteiger partial charge in [-0.05, 0) is 83.8 Å². The van der Waals surface area contributed by atoms with Crippen molar-refractivity contribution in [1.82, 2.24) is 0 Å². The molecule has 0 radical (unpaired) electrons. The second-order valence-corrected chi connectivity index (χ2v) is 10.3. The highest BCUT2D eigenvalue weighted by molar-refractivity contribution is 5.95. The lowest BCUT2D eigenvalue weighted by Crippen LogP contribution is -2.36. The number of rotatable bonds is 7. The third kappa shape index (κ3) is 6.16. The van der Waals surface area contributed by atoms with Crippen molar-refractivity contribution in [3.05, 3.63) is 89.5 Å². The van der Waals surface area contributed by atoms with Gasteiger partial charge in [-0.1, -0.05) is 61.7 Å². The van der Waals surface area contributed by atoms with Crippen molar-refractivity contribution >= 4 is 29.3 Å². The summed E-state index contributed by atoms with van der Waals surface area (Å²) < 4.78 is 4.72. The zero-order valence-electron chi connectivity index (χ0n) is 22.1. The lowest BCUT2D eigenvalue weighted by molar-refractivity contribution is -0.134. The number of nitrogens with one attached hydrogen (secondary N) is 1. The maximum Gasteiger partial charge on any atom is 0.330 e. The van der Waals surface area contributed by atoms with E-state index >= 15 is 0 Å². The zero-order valence-corrected chi connectivity index (χ0v) is 22.1. The summed E-state index contributed by atoms with van der Waals surface area (Å²) in [4.78, 5) is 27.3. The average Bonchev–Trinajstić information content (AvgIpc) is 2.99. The van der Waals surface area contributed by atoms with Gasteiger partial charge in [0.25, 0.3) is 0 Å². The molecule has 3 aromatic carbocycles. The molecule has 2 aliphatic rings. The third-order valence-electron chi connectivity index (χ3n) is 7.69. The van der Waals surface area contributed by atoms with Crippen LogP contribution in [0, 0.1) is 5.92 Å². The minimum atomic E-state index is -0.402. The highest BCUT2D eigenvalue weighted by Crippen LogP contribution is 2.31. The van der Waals surface area contributed by atoms with Gasteiger partial charge in [0.15, 0.2) is 0 Å². The van der Waals surface area contributed by atoms with Crippen LogP contribution in [0.1, 0.15) is 55.2 Å². The topological polar surface area (TPSA) is 58.6 Å². The summed E-state index contributed by atoms with van der Waals surface area (Å²) in [6.45, 7) is 1.55. The number of carbonyl (C=O) groups excluding carboxylic acids is 2. The fourth-order valence-corrected chi connectivity index (χ4v) is 5.53. The second kappa shape index (κ2) is 12.1. The van der Waals surface area contributed by atoms with Crippen LogP contribution in [-0.2, 0) is 27.3 Å². The molecule has 1 saturated carbocycles. The molecule has 1 N–H and O–H groups in total. The number of benzene rings is 3. The van der Waals surface area contributed by atoms with Gasteiger partial charge in [0.1, 0.15) is 0 Å². The Hall–Kier alpha value is -3.86. The molecule has 1 fully saturated rings. The number of amides is 1. The van der Waals surface area contributed by atoms with Crippen LogP contribution in [0.5, 0.6) is 0 Å². The van der Waals surface area contributed by atoms with E-state index in [0.29, 0.717) is 6.54 Å². The van der Waals surface area contributed by atoms with Crippen LogP contribution in [0.2, 0.25) is 0 Å². The molecule has 5 rings (SSSR count). The number of nitrogens with zero attached hydrogens (tertiary/aromatic N) is 1. The van der Waals surface area contributed by atoms with E-state index < -0.39 is 5.97 Å². The molecule has 5 nitrogen and oxygen atoms in total. The minimum absolute atomic E-state index is 0.0568. The lowest BCUT2D eigenvalue weighted by atomic mass is 9.88. The first kappa shape index (κ1) is 25.8. The summed E-state index contributed by atoms with van der Waals surface area (Å²) in [5.41, 5.74) is 7.82. The standard InChI is InChI=1S/C33H36N2O3/c1-38-32(36)19-14-24-7-5-11-30(21-24)35(33(37)27-8-3-2-4-9-27)23-25-12-15-26(16-13-25)28-17-18-31-29(22-28)10-6-20-34-31/h5,7,11-19,21-22,27,34H,2-4,6,8-10,20,23H2,1H3/b19-14+. The molecule has 0 atom stereocenters. The molecule has 0 aromatic heterocycles. The molecule has 0 bridgehead atoms. The van der Waals surface area contributed by atoms with E-state index in [1.54, 1.807) is 6.08 Å². The van der Waals surface area contributed by atoms with E-state index in [1.807, 2.05) is 29.2 Å². The lowest BCUT2D eigenvalue weighted by Gasteiger charge is -2.30. The molecule has 0 spiro atoms. The zero-order chi connectivity index (χ0) is 26.3. The van der Waals surface area contributed by atoms with Crippen LogP contribution in [0.15, 0.2) is 72.8 Å². The Kier molecular flexibility index (Phi) is 8.22.